The zero-order valence-electron chi connectivity index (χ0n) is 19.9. The van der Waals surface area contributed by atoms with Crippen molar-refractivity contribution in [3.8, 4) is 0 Å². The Labute approximate surface area is 195 Å². The van der Waals surface area contributed by atoms with E-state index >= 15 is 0 Å². The van der Waals surface area contributed by atoms with E-state index in [1.807, 2.05) is 0 Å². The lowest BCUT2D eigenvalue weighted by Gasteiger charge is -2.45. The summed E-state index contributed by atoms with van der Waals surface area (Å²) in [5, 5.41) is 2.26. The number of anilines is 1. The second-order valence-electron chi connectivity index (χ2n) is 9.86. The number of hydrogen-bond acceptors (Lipinski definition) is 5. The maximum atomic E-state index is 13.2. The molecule has 0 amide bonds. The molecule has 32 heavy (non-hydrogen) atoms. The molecule has 1 unspecified atom stereocenters. The Morgan fingerprint density at radius 2 is 2.09 bits per heavy atom. The number of aromatic amines is 1. The largest absolute Gasteiger partial charge is 0.361 e. The average Bonchev–Trinajstić information content (AvgIpc) is 3.42. The van der Waals surface area contributed by atoms with Gasteiger partial charge in [-0.2, -0.15) is 0 Å². The van der Waals surface area contributed by atoms with Crippen LogP contribution in [0.2, 0.25) is 0 Å². The summed E-state index contributed by atoms with van der Waals surface area (Å²) in [5.74, 6) is 0.595. The molecule has 1 saturated heterocycles. The van der Waals surface area contributed by atoms with E-state index in [-0.39, 0.29) is 11.3 Å². The number of carbonyl (C=O) groups excluding carboxylic acids is 1. The molecule has 1 aromatic carbocycles. The van der Waals surface area contributed by atoms with Crippen LogP contribution < -0.4 is 4.90 Å². The first-order chi connectivity index (χ1) is 15.4. The van der Waals surface area contributed by atoms with E-state index in [0.717, 1.165) is 55.3 Å². The number of rotatable bonds is 9. The number of likely N-dealkylation sites (N-methyl/N-ethyl adjacent to an activating group) is 1. The molecule has 4 rings (SSSR count). The molecule has 1 aliphatic heterocycles. The number of aromatic nitrogens is 2. The minimum absolute atomic E-state index is 0.110. The van der Waals surface area contributed by atoms with Crippen LogP contribution in [-0.2, 0) is 6.42 Å². The summed E-state index contributed by atoms with van der Waals surface area (Å²) in [6, 6.07) is 8.43. The smallest absolute Gasteiger partial charge is 0.186 e. The Morgan fingerprint density at radius 3 is 2.88 bits per heavy atom. The van der Waals surface area contributed by atoms with Crippen LogP contribution in [-0.4, -0.2) is 52.9 Å². The fourth-order valence-corrected chi connectivity index (χ4v) is 5.58. The van der Waals surface area contributed by atoms with Gasteiger partial charge < -0.3 is 9.88 Å². The molecule has 3 aromatic rings. The SMILES string of the molecule is CCCCC(CC(=O)c1cnc(N2CCN(C)C(C)(C)C2)s1)Cc1c[nH]c2ccccc12. The van der Waals surface area contributed by atoms with Crippen LogP contribution in [0, 0.1) is 5.92 Å². The number of nitrogens with one attached hydrogen (secondary N) is 1. The van der Waals surface area contributed by atoms with Crippen molar-refractivity contribution >= 4 is 33.2 Å². The van der Waals surface area contributed by atoms with Gasteiger partial charge in [0.25, 0.3) is 0 Å². The van der Waals surface area contributed by atoms with Crippen LogP contribution in [0.15, 0.2) is 36.7 Å². The van der Waals surface area contributed by atoms with Gasteiger partial charge >= 0.3 is 0 Å². The zero-order valence-corrected chi connectivity index (χ0v) is 20.7. The Balaban J connectivity index is 1.44. The van der Waals surface area contributed by atoms with E-state index in [1.54, 1.807) is 17.5 Å². The number of nitrogens with zero attached hydrogens (tertiary/aromatic N) is 3. The number of hydrogen-bond donors (Lipinski definition) is 1. The molecule has 172 valence electrons. The molecular formula is C26H36N4OS. The first-order valence-electron chi connectivity index (χ1n) is 11.9. The number of Topliss-reactive ketones (excluding diaryl/α,β-unsaturated/α-hetero) is 1. The van der Waals surface area contributed by atoms with Crippen LogP contribution >= 0.6 is 11.3 Å². The summed E-state index contributed by atoms with van der Waals surface area (Å²) in [4.78, 5) is 26.8. The van der Waals surface area contributed by atoms with E-state index in [1.165, 1.54) is 16.5 Å². The summed E-state index contributed by atoms with van der Waals surface area (Å²) < 4.78 is 0. The van der Waals surface area contributed by atoms with E-state index < -0.39 is 0 Å². The monoisotopic (exact) mass is 452 g/mol. The number of thiazole rings is 1. The molecule has 0 radical (unpaired) electrons. The van der Waals surface area contributed by atoms with Crippen molar-refractivity contribution in [2.75, 3.05) is 31.6 Å². The van der Waals surface area contributed by atoms with Crippen molar-refractivity contribution in [1.82, 2.24) is 14.9 Å². The van der Waals surface area contributed by atoms with Crippen LogP contribution in [0.3, 0.4) is 0 Å². The maximum absolute atomic E-state index is 13.2. The molecule has 3 heterocycles. The standard InChI is InChI=1S/C26H36N4OS/c1-5-6-9-19(14-20-16-27-22-11-8-7-10-21(20)22)15-23(31)24-17-28-25(32-24)30-13-12-29(4)26(2,3)18-30/h7-8,10-11,16-17,19,27H,5-6,9,12-15,18H2,1-4H3. The molecule has 0 aliphatic carbocycles. The van der Waals surface area contributed by atoms with Crippen LogP contribution in [0.5, 0.6) is 0 Å². The highest BCUT2D eigenvalue weighted by Gasteiger charge is 2.32. The number of benzene rings is 1. The first kappa shape index (κ1) is 23.0. The highest BCUT2D eigenvalue weighted by atomic mass is 32.1. The third kappa shape index (κ3) is 5.07. The molecular weight excluding hydrogens is 416 g/mol. The van der Waals surface area contributed by atoms with Gasteiger partial charge in [-0.1, -0.05) is 49.3 Å². The zero-order chi connectivity index (χ0) is 22.7. The Hall–Kier alpha value is -2.18. The van der Waals surface area contributed by atoms with Crippen molar-refractivity contribution in [1.29, 1.82) is 0 Å². The van der Waals surface area contributed by atoms with Crippen molar-refractivity contribution in [2.24, 2.45) is 5.92 Å². The fourth-order valence-electron chi connectivity index (χ4n) is 4.69. The Bertz CT molecular complexity index is 1050. The van der Waals surface area contributed by atoms with E-state index in [4.69, 9.17) is 0 Å². The number of piperazine rings is 1. The summed E-state index contributed by atoms with van der Waals surface area (Å²) in [6.45, 7) is 9.66. The molecule has 1 N–H and O–H groups in total. The van der Waals surface area contributed by atoms with Crippen LogP contribution in [0.25, 0.3) is 10.9 Å². The highest BCUT2D eigenvalue weighted by Crippen LogP contribution is 2.31. The lowest BCUT2D eigenvalue weighted by atomic mass is 9.89. The predicted molar refractivity (Wildman–Crippen MR) is 135 cm³/mol. The summed E-state index contributed by atoms with van der Waals surface area (Å²) >= 11 is 1.57. The second kappa shape index (κ2) is 9.75. The van der Waals surface area contributed by atoms with Gasteiger partial charge in [-0.3, -0.25) is 9.69 Å². The molecule has 6 heteroatoms. The van der Waals surface area contributed by atoms with Crippen LogP contribution in [0.1, 0.15) is 61.7 Å². The van der Waals surface area contributed by atoms with Gasteiger partial charge in [-0.15, -0.1) is 0 Å². The highest BCUT2D eigenvalue weighted by molar-refractivity contribution is 7.17. The molecule has 1 atom stereocenters. The van der Waals surface area contributed by atoms with Crippen molar-refractivity contribution in [3.63, 3.8) is 0 Å². The van der Waals surface area contributed by atoms with Crippen molar-refractivity contribution in [3.05, 3.63) is 47.1 Å². The number of ketones is 1. The molecule has 5 nitrogen and oxygen atoms in total. The maximum Gasteiger partial charge on any atom is 0.186 e. The van der Waals surface area contributed by atoms with E-state index in [0.29, 0.717) is 12.3 Å². The van der Waals surface area contributed by atoms with Gasteiger partial charge in [0.05, 0.1) is 11.1 Å². The lowest BCUT2D eigenvalue weighted by Crippen LogP contribution is -2.57. The molecule has 0 saturated carbocycles. The molecule has 0 spiro atoms. The molecule has 1 fully saturated rings. The van der Waals surface area contributed by atoms with Crippen molar-refractivity contribution in [2.45, 2.75) is 58.4 Å². The van der Waals surface area contributed by atoms with Gasteiger partial charge in [0, 0.05) is 48.7 Å². The van der Waals surface area contributed by atoms with Gasteiger partial charge in [-0.05, 0) is 51.3 Å². The third-order valence-corrected chi connectivity index (χ3v) is 8.08. The average molecular weight is 453 g/mol. The normalized spacial score (nSPS) is 17.7. The quantitative estimate of drug-likeness (QED) is 0.418. The van der Waals surface area contributed by atoms with Crippen molar-refractivity contribution < 1.29 is 4.79 Å². The second-order valence-corrected chi connectivity index (χ2v) is 10.9. The number of para-hydroxylation sites is 1. The molecule has 0 bridgehead atoms. The number of fused-ring (bicyclic) bond motifs is 1. The predicted octanol–water partition coefficient (Wildman–Crippen LogP) is 5.78. The minimum atomic E-state index is 0.110. The van der Waals surface area contributed by atoms with Gasteiger partial charge in [0.2, 0.25) is 0 Å². The first-order valence-corrected chi connectivity index (χ1v) is 12.7. The topological polar surface area (TPSA) is 52.2 Å². The van der Waals surface area contributed by atoms with Gasteiger partial charge in [0.15, 0.2) is 10.9 Å². The van der Waals surface area contributed by atoms with E-state index in [9.17, 15) is 4.79 Å². The summed E-state index contributed by atoms with van der Waals surface area (Å²) in [5.41, 5.74) is 2.60. The summed E-state index contributed by atoms with van der Waals surface area (Å²) in [6.07, 6.45) is 8.85. The molecule has 2 aromatic heterocycles. The van der Waals surface area contributed by atoms with E-state index in [2.05, 4.69) is 78.0 Å². The van der Waals surface area contributed by atoms with Gasteiger partial charge in [-0.25, -0.2) is 4.98 Å². The number of unbranched alkanes of at least 4 members (excludes halogenated alkanes) is 1. The fraction of sp³-hybridized carbons (Fsp3) is 0.538. The lowest BCUT2D eigenvalue weighted by molar-refractivity contribution is 0.0962. The minimum Gasteiger partial charge on any atom is -0.361 e. The number of carbonyl (C=O) groups is 1. The van der Waals surface area contributed by atoms with Crippen LogP contribution in [0.4, 0.5) is 5.13 Å². The Kier molecular flexibility index (Phi) is 7.01. The summed E-state index contributed by atoms with van der Waals surface area (Å²) in [7, 11) is 2.18. The number of H-pyrrole nitrogens is 1. The molecule has 1 aliphatic rings. The third-order valence-electron chi connectivity index (χ3n) is 6.98. The Morgan fingerprint density at radius 1 is 1.28 bits per heavy atom. The van der Waals surface area contributed by atoms with Gasteiger partial charge in [0.1, 0.15) is 0 Å².